The molecule has 5 nitrogen and oxygen atoms in total. The lowest BCUT2D eigenvalue weighted by atomic mass is 10.2. The Balaban J connectivity index is 2.67. The van der Waals surface area contributed by atoms with E-state index in [0.717, 1.165) is 15.9 Å². The summed E-state index contributed by atoms with van der Waals surface area (Å²) in [7, 11) is 0. The van der Waals surface area contributed by atoms with E-state index in [0.29, 0.717) is 16.0 Å². The predicted molar refractivity (Wildman–Crippen MR) is 62.8 cm³/mol. The molecule has 0 fully saturated rings. The van der Waals surface area contributed by atoms with Gasteiger partial charge in [0.1, 0.15) is 15.4 Å². The van der Waals surface area contributed by atoms with Gasteiger partial charge < -0.3 is 4.98 Å². The number of nitrogens with zero attached hydrogens (tertiary/aromatic N) is 3. The van der Waals surface area contributed by atoms with E-state index in [-0.39, 0.29) is 5.56 Å². The third-order valence-corrected chi connectivity index (χ3v) is 3.49. The molecule has 80 valence electrons. The molecule has 0 aliphatic rings. The zero-order valence-corrected chi connectivity index (χ0v) is 9.55. The largest absolute Gasteiger partial charge is 0.312 e. The Bertz CT molecular complexity index is 758. The van der Waals surface area contributed by atoms with Gasteiger partial charge in [-0.25, -0.2) is 15.0 Å². The molecule has 1 N–H and O–H groups in total. The normalized spacial score (nSPS) is 11.4. The van der Waals surface area contributed by atoms with Crippen molar-refractivity contribution in [2.75, 3.05) is 0 Å². The van der Waals surface area contributed by atoms with Crippen LogP contribution in [0.15, 0.2) is 11.1 Å². The first-order valence-electron chi connectivity index (χ1n) is 4.78. The van der Waals surface area contributed by atoms with Crippen LogP contribution in [0.4, 0.5) is 0 Å². The molecule has 0 saturated heterocycles. The summed E-state index contributed by atoms with van der Waals surface area (Å²) >= 11 is 1.36. The van der Waals surface area contributed by atoms with Crippen molar-refractivity contribution >= 4 is 31.8 Å². The van der Waals surface area contributed by atoms with E-state index in [1.807, 2.05) is 13.8 Å². The average molecular weight is 232 g/mol. The van der Waals surface area contributed by atoms with Crippen molar-refractivity contribution in [3.63, 3.8) is 0 Å². The number of rotatable bonds is 0. The third kappa shape index (κ3) is 1.16. The molecule has 0 atom stereocenters. The summed E-state index contributed by atoms with van der Waals surface area (Å²) < 4.78 is 0.612. The van der Waals surface area contributed by atoms with Crippen LogP contribution in [-0.4, -0.2) is 19.9 Å². The third-order valence-electron chi connectivity index (χ3n) is 2.41. The zero-order chi connectivity index (χ0) is 11.3. The van der Waals surface area contributed by atoms with Crippen molar-refractivity contribution in [1.29, 1.82) is 0 Å². The number of H-pyrrole nitrogens is 1. The van der Waals surface area contributed by atoms with E-state index in [1.54, 1.807) is 0 Å². The molecule has 0 aliphatic heterocycles. The predicted octanol–water partition coefficient (Wildman–Crippen LogP) is 1.54. The molecule has 0 aromatic carbocycles. The highest BCUT2D eigenvalue weighted by atomic mass is 32.1. The number of fused-ring (bicyclic) bond motifs is 3. The second-order valence-electron chi connectivity index (χ2n) is 3.55. The van der Waals surface area contributed by atoms with Crippen molar-refractivity contribution in [3.05, 3.63) is 28.2 Å². The Morgan fingerprint density at radius 3 is 2.94 bits per heavy atom. The highest BCUT2D eigenvalue weighted by Crippen LogP contribution is 2.29. The fourth-order valence-corrected chi connectivity index (χ4v) is 2.90. The van der Waals surface area contributed by atoms with Gasteiger partial charge in [0.15, 0.2) is 0 Å². The van der Waals surface area contributed by atoms with Crippen LogP contribution in [0.3, 0.4) is 0 Å². The molecule has 3 rings (SSSR count). The van der Waals surface area contributed by atoms with E-state index in [1.165, 1.54) is 17.7 Å². The van der Waals surface area contributed by atoms with Gasteiger partial charge in [-0.1, -0.05) is 0 Å². The summed E-state index contributed by atoms with van der Waals surface area (Å²) in [6.45, 7) is 3.75. The first-order valence-corrected chi connectivity index (χ1v) is 5.59. The van der Waals surface area contributed by atoms with E-state index < -0.39 is 0 Å². The van der Waals surface area contributed by atoms with Gasteiger partial charge in [-0.15, -0.1) is 11.3 Å². The lowest BCUT2D eigenvalue weighted by molar-refractivity contribution is 1.06. The number of thiophene rings is 1. The van der Waals surface area contributed by atoms with Gasteiger partial charge >= 0.3 is 0 Å². The zero-order valence-electron chi connectivity index (χ0n) is 8.74. The van der Waals surface area contributed by atoms with Gasteiger partial charge in [0, 0.05) is 0 Å². The second kappa shape index (κ2) is 3.08. The van der Waals surface area contributed by atoms with Crippen LogP contribution in [0.25, 0.3) is 20.4 Å². The van der Waals surface area contributed by atoms with Gasteiger partial charge in [0.25, 0.3) is 5.56 Å². The maximum Gasteiger partial charge on any atom is 0.268 e. The fraction of sp³-hybridized carbons (Fsp3) is 0.200. The number of aromatic amines is 1. The van der Waals surface area contributed by atoms with Crippen LogP contribution in [0.1, 0.15) is 11.5 Å². The highest BCUT2D eigenvalue weighted by Gasteiger charge is 2.13. The summed E-state index contributed by atoms with van der Waals surface area (Å²) in [5.41, 5.74) is 1.44. The summed E-state index contributed by atoms with van der Waals surface area (Å²) in [5, 5.41) is 0.886. The Morgan fingerprint density at radius 1 is 1.31 bits per heavy atom. The van der Waals surface area contributed by atoms with Gasteiger partial charge in [-0.05, 0) is 13.8 Å². The molecule has 0 bridgehead atoms. The summed E-state index contributed by atoms with van der Waals surface area (Å²) in [4.78, 5) is 27.8. The van der Waals surface area contributed by atoms with Crippen LogP contribution in [0.5, 0.6) is 0 Å². The Morgan fingerprint density at radius 2 is 2.12 bits per heavy atom. The maximum absolute atomic E-state index is 11.6. The van der Waals surface area contributed by atoms with Crippen molar-refractivity contribution in [2.24, 2.45) is 0 Å². The van der Waals surface area contributed by atoms with Crippen LogP contribution >= 0.6 is 11.3 Å². The molecule has 6 heteroatoms. The molecule has 0 radical (unpaired) electrons. The molecule has 0 spiro atoms. The minimum absolute atomic E-state index is 0.120. The standard InChI is InChI=1S/C10H8N4OS/c1-4-6-7-8(9(15)12-3-11-7)16-10(6)14-5(2)13-4/h3H,1-2H3,(H,11,12,15). The molecule has 0 saturated carbocycles. The Hall–Kier alpha value is -1.82. The Labute approximate surface area is 94.2 Å². The monoisotopic (exact) mass is 232 g/mol. The highest BCUT2D eigenvalue weighted by molar-refractivity contribution is 7.25. The van der Waals surface area contributed by atoms with Crippen molar-refractivity contribution in [3.8, 4) is 0 Å². The molecular formula is C10H8N4OS. The molecular weight excluding hydrogens is 224 g/mol. The number of hydrogen-bond acceptors (Lipinski definition) is 5. The summed E-state index contributed by atoms with van der Waals surface area (Å²) in [6, 6.07) is 0. The van der Waals surface area contributed by atoms with Gasteiger partial charge in [-0.3, -0.25) is 4.79 Å². The van der Waals surface area contributed by atoms with Crippen molar-refractivity contribution < 1.29 is 0 Å². The molecule has 0 amide bonds. The molecule has 3 heterocycles. The van der Waals surface area contributed by atoms with E-state index >= 15 is 0 Å². The second-order valence-corrected chi connectivity index (χ2v) is 4.55. The van der Waals surface area contributed by atoms with Gasteiger partial charge in [-0.2, -0.15) is 0 Å². The quantitative estimate of drug-likeness (QED) is 0.638. The molecule has 3 aromatic heterocycles. The number of nitrogens with one attached hydrogen (secondary N) is 1. The van der Waals surface area contributed by atoms with Crippen LogP contribution in [-0.2, 0) is 0 Å². The van der Waals surface area contributed by atoms with Gasteiger partial charge in [0.2, 0.25) is 0 Å². The minimum Gasteiger partial charge on any atom is -0.312 e. The molecule has 3 aromatic rings. The molecule has 0 aliphatic carbocycles. The summed E-state index contributed by atoms with van der Waals surface area (Å²) in [5.74, 6) is 0.716. The minimum atomic E-state index is -0.120. The smallest absolute Gasteiger partial charge is 0.268 e. The lowest BCUT2D eigenvalue weighted by Crippen LogP contribution is -2.03. The first kappa shape index (κ1) is 9.41. The number of aromatic nitrogens is 4. The SMILES string of the molecule is Cc1nc(C)c2c(n1)sc1c(=O)[nH]cnc12. The maximum atomic E-state index is 11.6. The summed E-state index contributed by atoms with van der Waals surface area (Å²) in [6.07, 6.45) is 1.41. The Kier molecular flexibility index (Phi) is 1.81. The average Bonchev–Trinajstić information content (AvgIpc) is 2.57. The van der Waals surface area contributed by atoms with Crippen LogP contribution in [0, 0.1) is 13.8 Å². The van der Waals surface area contributed by atoms with E-state index in [2.05, 4.69) is 19.9 Å². The number of aryl methyl sites for hydroxylation is 2. The van der Waals surface area contributed by atoms with Crippen molar-refractivity contribution in [2.45, 2.75) is 13.8 Å². The van der Waals surface area contributed by atoms with Crippen LogP contribution in [0.2, 0.25) is 0 Å². The first-order chi connectivity index (χ1) is 7.66. The number of hydrogen-bond donors (Lipinski definition) is 1. The van der Waals surface area contributed by atoms with E-state index in [9.17, 15) is 4.79 Å². The fourth-order valence-electron chi connectivity index (χ4n) is 1.78. The van der Waals surface area contributed by atoms with Crippen molar-refractivity contribution in [1.82, 2.24) is 19.9 Å². The van der Waals surface area contributed by atoms with Crippen LogP contribution < -0.4 is 5.56 Å². The van der Waals surface area contributed by atoms with E-state index in [4.69, 9.17) is 0 Å². The topological polar surface area (TPSA) is 71.5 Å². The molecule has 0 unspecified atom stereocenters. The van der Waals surface area contributed by atoms with Gasteiger partial charge in [0.05, 0.1) is 22.9 Å². The molecule has 16 heavy (non-hydrogen) atoms. The lowest BCUT2D eigenvalue weighted by Gasteiger charge is -1.96.